The summed E-state index contributed by atoms with van der Waals surface area (Å²) >= 11 is 0. The number of hydrogen-bond acceptors (Lipinski definition) is 1. The Labute approximate surface area is 119 Å². The second-order valence-corrected chi connectivity index (χ2v) is 4.96. The van der Waals surface area contributed by atoms with Crippen LogP contribution in [0.5, 0.6) is 0 Å². The fraction of sp³-hybridized carbons (Fsp3) is 0.571. The molecule has 120 valence electrons. The number of aryl methyl sites for hydroxylation is 2. The molecule has 0 aliphatic carbocycles. The van der Waals surface area contributed by atoms with Gasteiger partial charge < -0.3 is 5.73 Å². The number of nitrogens with two attached hydrogens (primary N) is 1. The van der Waals surface area contributed by atoms with Gasteiger partial charge in [0.25, 0.3) is 11.6 Å². The van der Waals surface area contributed by atoms with E-state index in [4.69, 9.17) is 5.73 Å². The molecule has 1 atom stereocenters. The number of anilines is 1. The van der Waals surface area contributed by atoms with Gasteiger partial charge in [-0.15, -0.1) is 0 Å². The van der Waals surface area contributed by atoms with Gasteiger partial charge in [0.2, 0.25) is 0 Å². The largest absolute Gasteiger partial charge is 0.432 e. The number of nitrogen functional groups attached to an aromatic ring is 1. The molecule has 0 amide bonds. The fourth-order valence-electron chi connectivity index (χ4n) is 2.23. The van der Waals surface area contributed by atoms with Gasteiger partial charge in [-0.2, -0.15) is 13.2 Å². The minimum Gasteiger partial charge on any atom is -0.398 e. The van der Waals surface area contributed by atoms with Crippen molar-refractivity contribution in [3.63, 3.8) is 0 Å². The van der Waals surface area contributed by atoms with Crippen molar-refractivity contribution < 1.29 is 26.3 Å². The maximum absolute atomic E-state index is 14.4. The van der Waals surface area contributed by atoms with E-state index in [2.05, 4.69) is 0 Å². The predicted molar refractivity (Wildman–Crippen MR) is 69.1 cm³/mol. The van der Waals surface area contributed by atoms with Crippen LogP contribution in [0.4, 0.5) is 32.0 Å². The lowest BCUT2D eigenvalue weighted by Crippen LogP contribution is -2.51. The van der Waals surface area contributed by atoms with Crippen molar-refractivity contribution in [1.29, 1.82) is 0 Å². The summed E-state index contributed by atoms with van der Waals surface area (Å²) in [5.41, 5.74) is 0.549. The second kappa shape index (κ2) is 5.42. The minimum atomic E-state index is -5.74. The Morgan fingerprint density at radius 2 is 1.29 bits per heavy atom. The number of rotatable bonds is 4. The summed E-state index contributed by atoms with van der Waals surface area (Å²) in [7, 11) is 0. The van der Waals surface area contributed by atoms with Crippen LogP contribution in [0.1, 0.15) is 37.5 Å². The Morgan fingerprint density at radius 3 is 1.52 bits per heavy atom. The van der Waals surface area contributed by atoms with Crippen LogP contribution in [0.3, 0.4) is 0 Å². The van der Waals surface area contributed by atoms with Crippen LogP contribution in [0.25, 0.3) is 0 Å². The molecule has 0 saturated carbocycles. The molecule has 0 heterocycles. The van der Waals surface area contributed by atoms with E-state index in [0.29, 0.717) is 0 Å². The highest BCUT2D eigenvalue weighted by atomic mass is 19.4. The van der Waals surface area contributed by atoms with Gasteiger partial charge >= 0.3 is 6.18 Å². The third kappa shape index (κ3) is 2.82. The summed E-state index contributed by atoms with van der Waals surface area (Å²) in [5, 5.41) is 0. The summed E-state index contributed by atoms with van der Waals surface area (Å²) < 4.78 is 80.1. The first-order chi connectivity index (χ1) is 9.40. The molecule has 7 heteroatoms. The van der Waals surface area contributed by atoms with Crippen molar-refractivity contribution in [2.24, 2.45) is 0 Å². The van der Waals surface area contributed by atoms with Crippen molar-refractivity contribution in [2.75, 3.05) is 5.73 Å². The van der Waals surface area contributed by atoms with E-state index in [0.717, 1.165) is 12.1 Å². The van der Waals surface area contributed by atoms with Gasteiger partial charge in [0.15, 0.2) is 0 Å². The van der Waals surface area contributed by atoms with Crippen LogP contribution in [0.15, 0.2) is 12.1 Å². The molecule has 2 N–H and O–H groups in total. The summed E-state index contributed by atoms with van der Waals surface area (Å²) in [5.74, 6) is -4.61. The summed E-state index contributed by atoms with van der Waals surface area (Å²) in [6.07, 6.45) is -5.30. The summed E-state index contributed by atoms with van der Waals surface area (Å²) in [6.45, 7) is 3.13. The Balaban J connectivity index is 3.69. The first-order valence-corrected chi connectivity index (χ1v) is 6.45. The maximum atomic E-state index is 14.4. The molecular weight excluding hydrogens is 296 g/mol. The van der Waals surface area contributed by atoms with Crippen molar-refractivity contribution in [3.8, 4) is 0 Å². The van der Waals surface area contributed by atoms with Crippen LogP contribution >= 0.6 is 0 Å². The van der Waals surface area contributed by atoms with Crippen LogP contribution in [0, 0.1) is 0 Å². The van der Waals surface area contributed by atoms with Gasteiger partial charge in [-0.1, -0.05) is 13.8 Å². The molecule has 0 aliphatic heterocycles. The highest BCUT2D eigenvalue weighted by Crippen LogP contribution is 2.53. The third-order valence-electron chi connectivity index (χ3n) is 3.51. The van der Waals surface area contributed by atoms with Crippen LogP contribution in [-0.4, -0.2) is 12.1 Å². The van der Waals surface area contributed by atoms with Crippen LogP contribution in [0.2, 0.25) is 0 Å². The second-order valence-electron chi connectivity index (χ2n) is 4.96. The molecule has 0 saturated heterocycles. The first kappa shape index (κ1) is 17.7. The standard InChI is InChI=1S/C14H17F6N/c1-4-8-6-10(7-9(5-2)11(8)21)13(17,12(3,15)16)14(18,19)20/h6-7H,4-5,21H2,1-3H3. The quantitative estimate of drug-likeness (QED) is 0.628. The molecule has 1 nitrogen and oxygen atoms in total. The average molecular weight is 313 g/mol. The monoisotopic (exact) mass is 313 g/mol. The van der Waals surface area contributed by atoms with Crippen molar-refractivity contribution >= 4 is 5.69 Å². The average Bonchev–Trinajstić information content (AvgIpc) is 2.35. The Morgan fingerprint density at radius 1 is 0.905 bits per heavy atom. The molecule has 0 fully saturated rings. The lowest BCUT2D eigenvalue weighted by molar-refractivity contribution is -0.304. The van der Waals surface area contributed by atoms with E-state index in [-0.39, 0.29) is 36.6 Å². The highest BCUT2D eigenvalue weighted by molar-refractivity contribution is 5.57. The molecule has 0 bridgehead atoms. The SMILES string of the molecule is CCc1cc(C(F)(C(C)(F)F)C(F)(F)F)cc(CC)c1N. The Bertz CT molecular complexity index is 476. The van der Waals surface area contributed by atoms with Crippen molar-refractivity contribution in [2.45, 2.75) is 51.4 Å². The third-order valence-corrected chi connectivity index (χ3v) is 3.51. The van der Waals surface area contributed by atoms with E-state index >= 15 is 0 Å². The maximum Gasteiger partial charge on any atom is 0.432 e. The van der Waals surface area contributed by atoms with Gasteiger partial charge in [-0.05, 0) is 36.1 Å². The van der Waals surface area contributed by atoms with Gasteiger partial charge in [0.05, 0.1) is 0 Å². The fourth-order valence-corrected chi connectivity index (χ4v) is 2.23. The van der Waals surface area contributed by atoms with E-state index in [1.54, 1.807) is 13.8 Å². The van der Waals surface area contributed by atoms with E-state index < -0.39 is 23.3 Å². The van der Waals surface area contributed by atoms with Gasteiger partial charge in [-0.3, -0.25) is 0 Å². The summed E-state index contributed by atoms with van der Waals surface area (Å²) in [4.78, 5) is 0. The lowest BCUT2D eigenvalue weighted by atomic mass is 9.85. The Hall–Kier alpha value is -1.40. The minimum absolute atomic E-state index is 0.0753. The van der Waals surface area contributed by atoms with Gasteiger partial charge in [-0.25, -0.2) is 13.2 Å². The summed E-state index contributed by atoms with van der Waals surface area (Å²) in [6, 6.07) is 1.55. The zero-order chi connectivity index (χ0) is 16.6. The Kier molecular flexibility index (Phi) is 4.56. The molecule has 0 aliphatic rings. The zero-order valence-corrected chi connectivity index (χ0v) is 11.9. The van der Waals surface area contributed by atoms with Crippen LogP contribution in [-0.2, 0) is 18.5 Å². The number of halogens is 6. The van der Waals surface area contributed by atoms with E-state index in [9.17, 15) is 26.3 Å². The zero-order valence-electron chi connectivity index (χ0n) is 11.9. The molecule has 0 aromatic heterocycles. The predicted octanol–water partition coefficient (Wildman–Crippen LogP) is 4.78. The number of hydrogen-bond donors (Lipinski definition) is 1. The smallest absolute Gasteiger partial charge is 0.398 e. The van der Waals surface area contributed by atoms with Gasteiger partial charge in [0, 0.05) is 18.2 Å². The first-order valence-electron chi connectivity index (χ1n) is 6.45. The topological polar surface area (TPSA) is 26.0 Å². The van der Waals surface area contributed by atoms with Crippen LogP contribution < -0.4 is 5.73 Å². The van der Waals surface area contributed by atoms with E-state index in [1.807, 2.05) is 0 Å². The van der Waals surface area contributed by atoms with E-state index in [1.165, 1.54) is 0 Å². The van der Waals surface area contributed by atoms with Crippen molar-refractivity contribution in [1.82, 2.24) is 0 Å². The molecule has 1 aromatic carbocycles. The van der Waals surface area contributed by atoms with Crippen molar-refractivity contribution in [3.05, 3.63) is 28.8 Å². The number of benzene rings is 1. The lowest BCUT2D eigenvalue weighted by Gasteiger charge is -2.34. The normalized spacial score (nSPS) is 15.9. The molecule has 0 spiro atoms. The molecule has 1 rings (SSSR count). The number of alkyl halides is 6. The van der Waals surface area contributed by atoms with Gasteiger partial charge in [0.1, 0.15) is 0 Å². The molecule has 1 aromatic rings. The molecule has 0 radical (unpaired) electrons. The molecular formula is C14H17F6N. The highest BCUT2D eigenvalue weighted by Gasteiger charge is 2.70. The molecule has 21 heavy (non-hydrogen) atoms. The molecule has 1 unspecified atom stereocenters.